The Kier molecular flexibility index (Phi) is 2.11. The van der Waals surface area contributed by atoms with Crippen LogP contribution < -0.4 is 0 Å². The van der Waals surface area contributed by atoms with Gasteiger partial charge in [0.2, 0.25) is 11.6 Å². The summed E-state index contributed by atoms with van der Waals surface area (Å²) in [7, 11) is 0. The zero-order chi connectivity index (χ0) is 11.8. The van der Waals surface area contributed by atoms with Gasteiger partial charge in [-0.1, -0.05) is 0 Å². The van der Waals surface area contributed by atoms with Gasteiger partial charge >= 0.3 is 0 Å². The van der Waals surface area contributed by atoms with Gasteiger partial charge in [0.15, 0.2) is 0 Å². The first-order chi connectivity index (χ1) is 8.22. The van der Waals surface area contributed by atoms with Crippen molar-refractivity contribution in [2.75, 3.05) is 0 Å². The quantitative estimate of drug-likeness (QED) is 0.646. The molecule has 0 N–H and O–H groups in total. The fourth-order valence-corrected chi connectivity index (χ4v) is 1.51. The molecule has 0 bridgehead atoms. The van der Waals surface area contributed by atoms with E-state index in [1.54, 1.807) is 0 Å². The zero-order valence-corrected chi connectivity index (χ0v) is 8.52. The van der Waals surface area contributed by atoms with Crippen LogP contribution in [0.5, 0.6) is 0 Å². The molecule has 0 atom stereocenters. The molecule has 84 valence electrons. The van der Waals surface area contributed by atoms with Crippen LogP contribution in [0.25, 0.3) is 22.7 Å². The third kappa shape index (κ3) is 1.75. The Bertz CT molecular complexity index is 677. The molecule has 0 saturated heterocycles. The smallest absolute Gasteiger partial charge is 0.247 e. The van der Waals surface area contributed by atoms with Crippen molar-refractivity contribution in [3.05, 3.63) is 48.2 Å². The summed E-state index contributed by atoms with van der Waals surface area (Å²) in [4.78, 5) is 7.85. The van der Waals surface area contributed by atoms with Crippen molar-refractivity contribution in [3.63, 3.8) is 0 Å². The van der Waals surface area contributed by atoms with E-state index in [4.69, 9.17) is 4.42 Å². The predicted molar refractivity (Wildman–Crippen MR) is 57.2 cm³/mol. The molecule has 1 aromatic carbocycles. The Balaban J connectivity index is 2.14. The lowest BCUT2D eigenvalue weighted by Gasteiger charge is -1.93. The number of nitrogens with zero attached hydrogens (tertiary/aromatic N) is 2. The van der Waals surface area contributed by atoms with Gasteiger partial charge in [-0.25, -0.2) is 18.7 Å². The van der Waals surface area contributed by atoms with Crippen LogP contribution in [0, 0.1) is 11.6 Å². The van der Waals surface area contributed by atoms with E-state index >= 15 is 0 Å². The lowest BCUT2D eigenvalue weighted by atomic mass is 10.2. The van der Waals surface area contributed by atoms with Crippen LogP contribution in [-0.4, -0.2) is 9.97 Å². The second kappa shape index (κ2) is 3.62. The van der Waals surface area contributed by atoms with Crippen LogP contribution in [0.1, 0.15) is 0 Å². The van der Waals surface area contributed by atoms with Gasteiger partial charge in [-0.15, -0.1) is 0 Å². The maximum Gasteiger partial charge on any atom is 0.247 e. The van der Waals surface area contributed by atoms with Gasteiger partial charge in [0.25, 0.3) is 0 Å². The maximum atomic E-state index is 12.9. The molecule has 3 nitrogen and oxygen atoms in total. The molecule has 0 aliphatic rings. The van der Waals surface area contributed by atoms with Crippen LogP contribution in [0.3, 0.4) is 0 Å². The van der Waals surface area contributed by atoms with E-state index in [0.717, 1.165) is 6.20 Å². The van der Waals surface area contributed by atoms with Crippen molar-refractivity contribution in [2.24, 2.45) is 0 Å². The average Bonchev–Trinajstić information content (AvgIpc) is 2.72. The maximum absolute atomic E-state index is 12.9. The lowest BCUT2D eigenvalue weighted by molar-refractivity contribution is 0.596. The molecule has 0 radical (unpaired) electrons. The van der Waals surface area contributed by atoms with E-state index in [0.29, 0.717) is 11.1 Å². The monoisotopic (exact) mass is 232 g/mol. The molecule has 3 rings (SSSR count). The molecule has 0 saturated carbocycles. The van der Waals surface area contributed by atoms with E-state index < -0.39 is 5.82 Å². The molecule has 3 aromatic rings. The first-order valence-corrected chi connectivity index (χ1v) is 4.90. The van der Waals surface area contributed by atoms with Gasteiger partial charge in [0.1, 0.15) is 17.2 Å². The third-order valence-electron chi connectivity index (χ3n) is 2.31. The van der Waals surface area contributed by atoms with Crippen LogP contribution in [-0.2, 0) is 0 Å². The number of oxazole rings is 1. The molecule has 0 aliphatic carbocycles. The summed E-state index contributed by atoms with van der Waals surface area (Å²) in [5, 5.41) is 0. The van der Waals surface area contributed by atoms with Gasteiger partial charge < -0.3 is 4.42 Å². The SMILES string of the molecule is Fc1ccc(-c2nc3cc(F)cnc3o2)cc1. The summed E-state index contributed by atoms with van der Waals surface area (Å²) in [5.41, 5.74) is 1.21. The number of rotatable bonds is 1. The van der Waals surface area contributed by atoms with Crippen molar-refractivity contribution in [3.8, 4) is 11.5 Å². The highest BCUT2D eigenvalue weighted by atomic mass is 19.1. The summed E-state index contributed by atoms with van der Waals surface area (Å²) >= 11 is 0. The summed E-state index contributed by atoms with van der Waals surface area (Å²) in [6.45, 7) is 0. The van der Waals surface area contributed by atoms with Crippen molar-refractivity contribution in [2.45, 2.75) is 0 Å². The number of halogens is 2. The molecule has 2 aromatic heterocycles. The number of aromatic nitrogens is 2. The van der Waals surface area contributed by atoms with E-state index in [1.165, 1.54) is 30.3 Å². The Morgan fingerprint density at radius 2 is 1.76 bits per heavy atom. The first-order valence-electron chi connectivity index (χ1n) is 4.90. The van der Waals surface area contributed by atoms with Crippen LogP contribution in [0.4, 0.5) is 8.78 Å². The van der Waals surface area contributed by atoms with E-state index in [9.17, 15) is 8.78 Å². The van der Waals surface area contributed by atoms with Crippen LogP contribution in [0.15, 0.2) is 40.9 Å². The minimum atomic E-state index is -0.476. The van der Waals surface area contributed by atoms with Gasteiger partial charge in [-0.2, -0.15) is 0 Å². The second-order valence-electron chi connectivity index (χ2n) is 3.50. The normalized spacial score (nSPS) is 10.9. The molecular formula is C12H6F2N2O. The Morgan fingerprint density at radius 1 is 1.00 bits per heavy atom. The van der Waals surface area contributed by atoms with Gasteiger partial charge in [-0.05, 0) is 24.3 Å². The van der Waals surface area contributed by atoms with Gasteiger partial charge in [0, 0.05) is 11.6 Å². The number of hydrogen-bond donors (Lipinski definition) is 0. The van der Waals surface area contributed by atoms with Crippen molar-refractivity contribution < 1.29 is 13.2 Å². The highest BCUT2D eigenvalue weighted by Crippen LogP contribution is 2.23. The molecule has 0 aliphatic heterocycles. The second-order valence-corrected chi connectivity index (χ2v) is 3.50. The fourth-order valence-electron chi connectivity index (χ4n) is 1.51. The minimum Gasteiger partial charge on any atom is -0.418 e. The third-order valence-corrected chi connectivity index (χ3v) is 2.31. The van der Waals surface area contributed by atoms with Crippen molar-refractivity contribution in [1.82, 2.24) is 9.97 Å². The zero-order valence-electron chi connectivity index (χ0n) is 8.52. The molecule has 0 spiro atoms. The van der Waals surface area contributed by atoms with Gasteiger partial charge in [0.05, 0.1) is 6.20 Å². The highest BCUT2D eigenvalue weighted by molar-refractivity contribution is 5.72. The molecule has 5 heteroatoms. The summed E-state index contributed by atoms with van der Waals surface area (Å²) in [6.07, 6.45) is 1.06. The van der Waals surface area contributed by atoms with E-state index in [1.807, 2.05) is 0 Å². The van der Waals surface area contributed by atoms with Crippen molar-refractivity contribution >= 4 is 11.2 Å². The number of pyridine rings is 1. The number of benzene rings is 1. The summed E-state index contributed by atoms with van der Waals surface area (Å²) in [5.74, 6) is -0.524. The van der Waals surface area contributed by atoms with Crippen LogP contribution >= 0.6 is 0 Å². The fraction of sp³-hybridized carbons (Fsp3) is 0. The van der Waals surface area contributed by atoms with Crippen molar-refractivity contribution in [1.29, 1.82) is 0 Å². The Hall–Kier alpha value is -2.30. The molecular weight excluding hydrogens is 226 g/mol. The topological polar surface area (TPSA) is 38.9 Å². The standard InChI is InChI=1S/C12H6F2N2O/c13-8-3-1-7(2-4-8)11-16-10-5-9(14)6-15-12(10)17-11/h1-6H. The molecule has 0 fully saturated rings. The summed E-state index contributed by atoms with van der Waals surface area (Å²) < 4.78 is 31.0. The first kappa shape index (κ1) is 9.89. The predicted octanol–water partition coefficient (Wildman–Crippen LogP) is 3.17. The molecule has 2 heterocycles. The number of hydrogen-bond acceptors (Lipinski definition) is 3. The number of fused-ring (bicyclic) bond motifs is 1. The van der Waals surface area contributed by atoms with E-state index in [2.05, 4.69) is 9.97 Å². The minimum absolute atomic E-state index is 0.255. The van der Waals surface area contributed by atoms with Gasteiger partial charge in [-0.3, -0.25) is 0 Å². The van der Waals surface area contributed by atoms with Crippen LogP contribution in [0.2, 0.25) is 0 Å². The largest absolute Gasteiger partial charge is 0.418 e. The summed E-state index contributed by atoms with van der Waals surface area (Å²) in [6, 6.07) is 6.92. The molecule has 17 heavy (non-hydrogen) atoms. The average molecular weight is 232 g/mol. The highest BCUT2D eigenvalue weighted by Gasteiger charge is 2.09. The molecule has 0 unspecified atom stereocenters. The molecule has 0 amide bonds. The van der Waals surface area contributed by atoms with E-state index in [-0.39, 0.29) is 17.4 Å². The Labute approximate surface area is 94.7 Å². The lowest BCUT2D eigenvalue weighted by Crippen LogP contribution is -1.78. The Morgan fingerprint density at radius 3 is 2.53 bits per heavy atom.